The Bertz CT molecular complexity index is 680. The molecular weight excluding hydrogens is 403 g/mol. The van der Waals surface area contributed by atoms with Crippen LogP contribution in [0.2, 0.25) is 10.3 Å². The van der Waals surface area contributed by atoms with Crippen molar-refractivity contribution in [2.75, 3.05) is 0 Å². The van der Waals surface area contributed by atoms with Crippen LogP contribution in [0.1, 0.15) is 32.4 Å². The minimum atomic E-state index is -0.919. The zero-order valence-corrected chi connectivity index (χ0v) is 17.1. The fourth-order valence-corrected chi connectivity index (χ4v) is 4.57. The molecule has 5 heteroatoms. The fraction of sp³-hybridized carbons (Fsp3) is 0.350. The van der Waals surface area contributed by atoms with Gasteiger partial charge >= 0.3 is 161 Å². The van der Waals surface area contributed by atoms with E-state index in [9.17, 15) is 9.90 Å². The minimum absolute atomic E-state index is 0.0657. The molecule has 2 aromatic rings. The van der Waals surface area contributed by atoms with Crippen molar-refractivity contribution in [1.82, 2.24) is 0 Å². The SMILES string of the molecule is CC(C)(C)OC(=O)[C@@H](C[Se]c1ccccc1)[C@H](O)c1ccc(Cl)cc1. The van der Waals surface area contributed by atoms with Gasteiger partial charge in [0.1, 0.15) is 0 Å². The average Bonchev–Trinajstić information content (AvgIpc) is 2.55. The molecule has 3 nitrogen and oxygen atoms in total. The second kappa shape index (κ2) is 8.86. The van der Waals surface area contributed by atoms with E-state index < -0.39 is 17.6 Å². The number of ether oxygens (including phenoxy) is 1. The summed E-state index contributed by atoms with van der Waals surface area (Å²) in [5.74, 6) is -0.978. The normalized spacial score (nSPS) is 14.0. The van der Waals surface area contributed by atoms with Gasteiger partial charge in [0.15, 0.2) is 0 Å². The van der Waals surface area contributed by atoms with Crippen LogP contribution in [-0.2, 0) is 9.53 Å². The molecule has 2 atom stereocenters. The number of aliphatic hydroxyl groups excluding tert-OH is 1. The number of halogens is 1. The first kappa shape index (κ1) is 20.0. The van der Waals surface area contributed by atoms with Gasteiger partial charge in [-0.05, 0) is 0 Å². The Morgan fingerprint density at radius 2 is 1.72 bits per heavy atom. The maximum atomic E-state index is 12.7. The molecule has 0 aromatic heterocycles. The van der Waals surface area contributed by atoms with Gasteiger partial charge in [-0.25, -0.2) is 0 Å². The maximum absolute atomic E-state index is 12.7. The Balaban J connectivity index is 2.18. The van der Waals surface area contributed by atoms with Crippen molar-refractivity contribution in [2.24, 2.45) is 5.92 Å². The molecule has 0 radical (unpaired) electrons. The quantitative estimate of drug-likeness (QED) is 0.566. The predicted octanol–water partition coefficient (Wildman–Crippen LogP) is 3.78. The van der Waals surface area contributed by atoms with Gasteiger partial charge in [-0.1, -0.05) is 0 Å². The summed E-state index contributed by atoms with van der Waals surface area (Å²) in [6.45, 7) is 5.50. The number of carbonyl (C=O) groups excluding carboxylic acids is 1. The molecule has 0 amide bonds. The Morgan fingerprint density at radius 1 is 1.12 bits per heavy atom. The Labute approximate surface area is 160 Å². The summed E-state index contributed by atoms with van der Waals surface area (Å²) >= 11 is 5.98. The second-order valence-corrected chi connectivity index (χ2v) is 9.49. The summed E-state index contributed by atoms with van der Waals surface area (Å²) in [4.78, 5) is 12.7. The third kappa shape index (κ3) is 6.48. The van der Waals surface area contributed by atoms with Crippen LogP contribution >= 0.6 is 11.6 Å². The van der Waals surface area contributed by atoms with Crippen LogP contribution < -0.4 is 4.46 Å². The average molecular weight is 426 g/mol. The summed E-state index contributed by atoms with van der Waals surface area (Å²) in [5, 5.41) is 11.9. The first-order chi connectivity index (χ1) is 11.8. The number of esters is 1. The zero-order valence-electron chi connectivity index (χ0n) is 14.6. The van der Waals surface area contributed by atoms with Gasteiger partial charge in [0.25, 0.3) is 0 Å². The molecule has 0 saturated carbocycles. The van der Waals surface area contributed by atoms with Gasteiger partial charge in [-0.2, -0.15) is 0 Å². The molecule has 0 saturated heterocycles. The third-order valence-electron chi connectivity index (χ3n) is 3.47. The first-order valence-corrected chi connectivity index (χ1v) is 10.5. The number of hydrogen-bond acceptors (Lipinski definition) is 3. The molecule has 1 N–H and O–H groups in total. The van der Waals surface area contributed by atoms with Crippen molar-refractivity contribution in [3.05, 3.63) is 65.2 Å². The van der Waals surface area contributed by atoms with E-state index in [0.29, 0.717) is 15.9 Å². The van der Waals surface area contributed by atoms with Crippen molar-refractivity contribution in [3.8, 4) is 0 Å². The van der Waals surface area contributed by atoms with E-state index in [1.165, 1.54) is 4.46 Å². The molecule has 0 fully saturated rings. The van der Waals surface area contributed by atoms with E-state index >= 15 is 0 Å². The van der Waals surface area contributed by atoms with Crippen LogP contribution in [-0.4, -0.2) is 31.6 Å². The summed E-state index contributed by atoms with van der Waals surface area (Å²) < 4.78 is 6.73. The number of carbonyl (C=O) groups is 1. The van der Waals surface area contributed by atoms with Crippen LogP contribution in [0, 0.1) is 5.92 Å². The van der Waals surface area contributed by atoms with Crippen LogP contribution in [0.3, 0.4) is 0 Å². The van der Waals surface area contributed by atoms with E-state index in [0.717, 1.165) is 0 Å². The molecule has 0 unspecified atom stereocenters. The topological polar surface area (TPSA) is 46.5 Å². The number of rotatable bonds is 6. The van der Waals surface area contributed by atoms with Gasteiger partial charge in [0, 0.05) is 0 Å². The molecule has 25 heavy (non-hydrogen) atoms. The second-order valence-electron chi connectivity index (χ2n) is 6.76. The molecule has 0 aliphatic rings. The first-order valence-electron chi connectivity index (χ1n) is 8.10. The van der Waals surface area contributed by atoms with E-state index in [1.54, 1.807) is 24.3 Å². The summed E-state index contributed by atoms with van der Waals surface area (Å²) in [6, 6.07) is 16.9. The monoisotopic (exact) mass is 426 g/mol. The molecule has 0 spiro atoms. The van der Waals surface area contributed by atoms with Gasteiger partial charge in [-0.3, -0.25) is 0 Å². The molecule has 0 bridgehead atoms. The van der Waals surface area contributed by atoms with Crippen molar-refractivity contribution in [1.29, 1.82) is 0 Å². The molecule has 0 aliphatic carbocycles. The van der Waals surface area contributed by atoms with Crippen LogP contribution in [0.25, 0.3) is 0 Å². The number of benzene rings is 2. The molecule has 2 rings (SSSR count). The fourth-order valence-electron chi connectivity index (χ4n) is 2.26. The number of aliphatic hydroxyl groups is 1. The van der Waals surface area contributed by atoms with E-state index in [-0.39, 0.29) is 20.9 Å². The number of hydrogen-bond donors (Lipinski definition) is 1. The molecule has 2 aromatic carbocycles. The van der Waals surface area contributed by atoms with Gasteiger partial charge in [-0.15, -0.1) is 0 Å². The third-order valence-corrected chi connectivity index (χ3v) is 6.10. The van der Waals surface area contributed by atoms with Gasteiger partial charge in [0.05, 0.1) is 0 Å². The van der Waals surface area contributed by atoms with Crippen molar-refractivity contribution >= 4 is 37.0 Å². The molecule has 134 valence electrons. The molecule has 0 aliphatic heterocycles. The zero-order chi connectivity index (χ0) is 18.4. The summed E-state index contributed by atoms with van der Waals surface area (Å²) in [6.07, 6.45) is -0.919. The standard InChI is InChI=1S/C20H23ClO3Se/c1-20(2,3)24-19(23)17(13-25-16-7-5-4-6-8-16)18(22)14-9-11-15(21)12-10-14/h4-12,17-18,22H,13H2,1-3H3/t17-,18+/m0/s1. The summed E-state index contributed by atoms with van der Waals surface area (Å²) in [5.41, 5.74) is 0.0820. The molecule has 0 heterocycles. The van der Waals surface area contributed by atoms with E-state index in [4.69, 9.17) is 16.3 Å². The van der Waals surface area contributed by atoms with Crippen LogP contribution in [0.15, 0.2) is 54.6 Å². The van der Waals surface area contributed by atoms with Crippen LogP contribution in [0.5, 0.6) is 0 Å². The van der Waals surface area contributed by atoms with E-state index in [2.05, 4.69) is 0 Å². The molecular formula is C20H23ClO3Se. The Morgan fingerprint density at radius 3 is 2.28 bits per heavy atom. The summed E-state index contributed by atoms with van der Waals surface area (Å²) in [7, 11) is 0. The van der Waals surface area contributed by atoms with Crippen molar-refractivity contribution in [2.45, 2.75) is 37.8 Å². The Hall–Kier alpha value is -1.32. The van der Waals surface area contributed by atoms with E-state index in [1.807, 2.05) is 51.1 Å². The van der Waals surface area contributed by atoms with Crippen molar-refractivity contribution in [3.63, 3.8) is 0 Å². The van der Waals surface area contributed by atoms with Gasteiger partial charge < -0.3 is 0 Å². The Kier molecular flexibility index (Phi) is 7.09. The van der Waals surface area contributed by atoms with Crippen LogP contribution in [0.4, 0.5) is 0 Å². The van der Waals surface area contributed by atoms with Crippen molar-refractivity contribution < 1.29 is 14.6 Å². The predicted molar refractivity (Wildman–Crippen MR) is 102 cm³/mol. The van der Waals surface area contributed by atoms with Gasteiger partial charge in [0.2, 0.25) is 0 Å².